The third-order valence-electron chi connectivity index (χ3n) is 6.98. The van der Waals surface area contributed by atoms with Gasteiger partial charge in [-0.3, -0.25) is 19.3 Å². The molecule has 3 aliphatic carbocycles. The van der Waals surface area contributed by atoms with Gasteiger partial charge in [0.15, 0.2) is 0 Å². The summed E-state index contributed by atoms with van der Waals surface area (Å²) in [6.45, 7) is 2.18. The van der Waals surface area contributed by atoms with Crippen LogP contribution in [-0.2, 0) is 14.4 Å². The molecule has 0 N–H and O–H groups in total. The van der Waals surface area contributed by atoms with E-state index in [-0.39, 0.29) is 34.5 Å². The number of aldehydes is 1. The van der Waals surface area contributed by atoms with Gasteiger partial charge in [-0.1, -0.05) is 25.3 Å². The number of hydrogen-bond acceptors (Lipinski definition) is 3. The van der Waals surface area contributed by atoms with Crippen LogP contribution >= 0.6 is 0 Å². The average molecular weight is 287 g/mol. The van der Waals surface area contributed by atoms with Crippen LogP contribution in [0.1, 0.15) is 39.0 Å². The Morgan fingerprint density at radius 2 is 1.90 bits per heavy atom. The van der Waals surface area contributed by atoms with Gasteiger partial charge in [0, 0.05) is 12.5 Å². The minimum Gasteiger partial charge on any atom is -0.299 e. The van der Waals surface area contributed by atoms with Gasteiger partial charge in [-0.05, 0) is 36.7 Å². The van der Waals surface area contributed by atoms with Gasteiger partial charge in [0.2, 0.25) is 11.8 Å². The number of likely N-dealkylation sites (tertiary alicyclic amines) is 1. The van der Waals surface area contributed by atoms with Gasteiger partial charge in [-0.2, -0.15) is 0 Å². The maximum Gasteiger partial charge on any atom is 0.233 e. The smallest absolute Gasteiger partial charge is 0.233 e. The summed E-state index contributed by atoms with van der Waals surface area (Å²) in [7, 11) is 1.61. The van der Waals surface area contributed by atoms with Crippen molar-refractivity contribution in [2.24, 2.45) is 28.6 Å². The van der Waals surface area contributed by atoms with E-state index < -0.39 is 0 Å². The Morgan fingerprint density at radius 3 is 2.62 bits per heavy atom. The highest BCUT2D eigenvalue weighted by Gasteiger charge is 2.77. The van der Waals surface area contributed by atoms with Crippen molar-refractivity contribution in [2.75, 3.05) is 7.05 Å². The second-order valence-corrected chi connectivity index (χ2v) is 7.54. The zero-order valence-corrected chi connectivity index (χ0v) is 12.6. The van der Waals surface area contributed by atoms with E-state index in [2.05, 4.69) is 6.92 Å². The summed E-state index contributed by atoms with van der Waals surface area (Å²) in [4.78, 5) is 37.7. The summed E-state index contributed by atoms with van der Waals surface area (Å²) < 4.78 is 0. The monoisotopic (exact) mass is 287 g/mol. The molecule has 0 unspecified atom stereocenters. The summed E-state index contributed by atoms with van der Waals surface area (Å²) in [5, 5.41) is 0. The largest absolute Gasteiger partial charge is 0.299 e. The van der Waals surface area contributed by atoms with Crippen LogP contribution in [0.3, 0.4) is 0 Å². The van der Waals surface area contributed by atoms with E-state index in [0.29, 0.717) is 5.92 Å². The number of nitrogens with zero attached hydrogens (tertiary/aromatic N) is 1. The Morgan fingerprint density at radius 1 is 1.19 bits per heavy atom. The Labute approximate surface area is 124 Å². The SMILES string of the molecule is CN1C(=O)[C@@H]2[C@H](C1=O)[C@@]13CCCC[C@@H]1[C@]2(C)C/C3=C\C=O. The predicted molar refractivity (Wildman–Crippen MR) is 76.0 cm³/mol. The summed E-state index contributed by atoms with van der Waals surface area (Å²) in [6.07, 6.45) is 7.68. The molecule has 4 rings (SSSR count). The maximum atomic E-state index is 12.7. The molecule has 1 heterocycles. The zero-order valence-electron chi connectivity index (χ0n) is 12.6. The topological polar surface area (TPSA) is 54.5 Å². The van der Waals surface area contributed by atoms with Crippen molar-refractivity contribution in [3.63, 3.8) is 0 Å². The first-order valence-electron chi connectivity index (χ1n) is 7.94. The molecule has 1 aliphatic heterocycles. The molecule has 4 heteroatoms. The number of carbonyl (C=O) groups excluding carboxylic acids is 3. The molecule has 21 heavy (non-hydrogen) atoms. The van der Waals surface area contributed by atoms with Gasteiger partial charge >= 0.3 is 0 Å². The van der Waals surface area contributed by atoms with Crippen molar-refractivity contribution in [3.05, 3.63) is 11.6 Å². The molecule has 0 radical (unpaired) electrons. The summed E-state index contributed by atoms with van der Waals surface area (Å²) in [5.41, 5.74) is 0.787. The fraction of sp³-hybridized carbons (Fsp3) is 0.706. The van der Waals surface area contributed by atoms with E-state index in [1.165, 1.54) is 11.3 Å². The van der Waals surface area contributed by atoms with Gasteiger partial charge in [0.1, 0.15) is 6.29 Å². The number of allylic oxidation sites excluding steroid dienone is 2. The van der Waals surface area contributed by atoms with Crippen molar-refractivity contribution in [1.29, 1.82) is 0 Å². The van der Waals surface area contributed by atoms with Crippen LogP contribution in [0.15, 0.2) is 11.6 Å². The third kappa shape index (κ3) is 1.22. The molecular formula is C17H21NO3. The highest BCUT2D eigenvalue weighted by atomic mass is 16.2. The quantitative estimate of drug-likeness (QED) is 0.421. The van der Waals surface area contributed by atoms with Gasteiger partial charge in [0.05, 0.1) is 11.8 Å². The Kier molecular flexibility index (Phi) is 2.42. The molecule has 3 saturated carbocycles. The highest BCUT2D eigenvalue weighted by Crippen LogP contribution is 2.77. The lowest BCUT2D eigenvalue weighted by Gasteiger charge is -2.41. The molecule has 2 bridgehead atoms. The first-order chi connectivity index (χ1) is 9.98. The van der Waals surface area contributed by atoms with Crippen molar-refractivity contribution in [1.82, 2.24) is 4.90 Å². The standard InChI is InChI=1S/C17H21NO3/c1-16-9-10(6-8-19)17(7-4-3-5-11(16)17)13-12(16)14(20)18(2)15(13)21/h6,8,11-13H,3-5,7,9H2,1-2H3/b10-6+/t11-,12+,13-,16+,17-/m1/s1. The van der Waals surface area contributed by atoms with Crippen molar-refractivity contribution >= 4 is 18.1 Å². The summed E-state index contributed by atoms with van der Waals surface area (Å²) >= 11 is 0. The van der Waals surface area contributed by atoms with Crippen molar-refractivity contribution in [2.45, 2.75) is 39.0 Å². The molecule has 5 atom stereocenters. The van der Waals surface area contributed by atoms with E-state index in [9.17, 15) is 14.4 Å². The number of amides is 2. The molecule has 2 amide bonds. The van der Waals surface area contributed by atoms with Crippen LogP contribution in [0.5, 0.6) is 0 Å². The minimum atomic E-state index is -0.217. The molecule has 4 fully saturated rings. The van der Waals surface area contributed by atoms with Crippen LogP contribution in [0, 0.1) is 28.6 Å². The number of fused-ring (bicyclic) bond motifs is 2. The number of hydrogen-bond donors (Lipinski definition) is 0. The molecule has 4 nitrogen and oxygen atoms in total. The molecule has 0 aromatic heterocycles. The molecule has 112 valence electrons. The van der Waals surface area contributed by atoms with Crippen LogP contribution in [0.4, 0.5) is 0 Å². The Hall–Kier alpha value is -1.45. The van der Waals surface area contributed by atoms with Gasteiger partial charge < -0.3 is 0 Å². The van der Waals surface area contributed by atoms with E-state index in [4.69, 9.17) is 0 Å². The van der Waals surface area contributed by atoms with Crippen molar-refractivity contribution in [3.8, 4) is 0 Å². The number of carbonyl (C=O) groups is 3. The lowest BCUT2D eigenvalue weighted by molar-refractivity contribution is -0.141. The number of rotatable bonds is 1. The zero-order chi connectivity index (χ0) is 15.0. The molecular weight excluding hydrogens is 266 g/mol. The summed E-state index contributed by atoms with van der Waals surface area (Å²) in [5.74, 6) is -0.00254. The average Bonchev–Trinajstić information content (AvgIpc) is 2.96. The second kappa shape index (κ2) is 3.84. The van der Waals surface area contributed by atoms with Gasteiger partial charge in [0.25, 0.3) is 0 Å². The van der Waals surface area contributed by atoms with Crippen molar-refractivity contribution < 1.29 is 14.4 Å². The Balaban J connectivity index is 1.95. The van der Waals surface area contributed by atoms with E-state index in [1.54, 1.807) is 13.1 Å². The van der Waals surface area contributed by atoms with Crippen LogP contribution in [0.2, 0.25) is 0 Å². The minimum absolute atomic E-state index is 0.00595. The normalized spacial score (nSPS) is 49.7. The molecule has 4 aliphatic rings. The van der Waals surface area contributed by atoms with E-state index in [1.807, 2.05) is 0 Å². The van der Waals surface area contributed by atoms with Crippen LogP contribution < -0.4 is 0 Å². The lowest BCUT2D eigenvalue weighted by Crippen LogP contribution is -2.40. The fourth-order valence-electron chi connectivity index (χ4n) is 6.38. The lowest BCUT2D eigenvalue weighted by atomic mass is 9.61. The van der Waals surface area contributed by atoms with E-state index >= 15 is 0 Å². The molecule has 0 aromatic carbocycles. The van der Waals surface area contributed by atoms with Gasteiger partial charge in [-0.25, -0.2) is 0 Å². The highest BCUT2D eigenvalue weighted by molar-refractivity contribution is 6.07. The molecule has 0 aromatic rings. The predicted octanol–water partition coefficient (Wildman–Crippen LogP) is 1.94. The van der Waals surface area contributed by atoms with Crippen LogP contribution in [-0.4, -0.2) is 30.0 Å². The first-order valence-corrected chi connectivity index (χ1v) is 7.94. The molecule has 0 spiro atoms. The number of imide groups is 1. The fourth-order valence-corrected chi connectivity index (χ4v) is 6.38. The van der Waals surface area contributed by atoms with Gasteiger partial charge in [-0.15, -0.1) is 0 Å². The maximum absolute atomic E-state index is 12.7. The Bertz CT molecular complexity index is 595. The first kappa shape index (κ1) is 13.2. The molecule has 1 saturated heterocycles. The van der Waals surface area contributed by atoms with E-state index in [0.717, 1.165) is 37.5 Å². The second-order valence-electron chi connectivity index (χ2n) is 7.54. The summed E-state index contributed by atoms with van der Waals surface area (Å²) in [6, 6.07) is 0. The van der Waals surface area contributed by atoms with Crippen LogP contribution in [0.25, 0.3) is 0 Å². The third-order valence-corrected chi connectivity index (χ3v) is 6.98.